The second-order valence-corrected chi connectivity index (χ2v) is 11.8. The minimum Gasteiger partial charge on any atom is -0.481 e. The molecule has 0 radical (unpaired) electrons. The summed E-state index contributed by atoms with van der Waals surface area (Å²) in [5.41, 5.74) is 1.73. The van der Waals surface area contributed by atoms with Gasteiger partial charge >= 0.3 is 17.9 Å². The molecule has 2 amide bonds. The van der Waals surface area contributed by atoms with Gasteiger partial charge in [0.25, 0.3) is 11.8 Å². The molecule has 1 heterocycles. The lowest BCUT2D eigenvalue weighted by Gasteiger charge is -2.17. The first-order valence-corrected chi connectivity index (χ1v) is 15.9. The van der Waals surface area contributed by atoms with Gasteiger partial charge in [0.05, 0.1) is 59.2 Å². The van der Waals surface area contributed by atoms with Crippen LogP contribution in [-0.2, 0) is 30.3 Å². The van der Waals surface area contributed by atoms with Crippen molar-refractivity contribution in [3.63, 3.8) is 0 Å². The first kappa shape index (κ1) is 36.6. The van der Waals surface area contributed by atoms with Crippen molar-refractivity contribution in [1.82, 2.24) is 9.55 Å². The second kappa shape index (κ2) is 15.9. The van der Waals surface area contributed by atoms with Gasteiger partial charge in [-0.1, -0.05) is 46.9 Å². The number of amides is 2. The zero-order valence-electron chi connectivity index (χ0n) is 27.0. The molecule has 1 aromatic heterocycles. The van der Waals surface area contributed by atoms with Crippen molar-refractivity contribution < 1.29 is 42.9 Å². The van der Waals surface area contributed by atoms with E-state index in [1.807, 2.05) is 0 Å². The van der Waals surface area contributed by atoms with Crippen LogP contribution in [-0.4, -0.2) is 67.2 Å². The Labute approximate surface area is 305 Å². The number of fused-ring (bicyclic) bond motifs is 1. The Morgan fingerprint density at radius 3 is 2.04 bits per heavy atom. The van der Waals surface area contributed by atoms with Crippen LogP contribution in [0.5, 0.6) is 5.75 Å². The normalized spacial score (nSPS) is 10.7. The lowest BCUT2D eigenvalue weighted by Crippen LogP contribution is -2.20. The van der Waals surface area contributed by atoms with Crippen LogP contribution >= 0.6 is 34.8 Å². The standard InChI is InChI=1S/C35H27Cl3N4O9/c1-48-30(43)16-42-28-15-25(38)24(37)14-27(28)40-32(42)18-4-6-19(7-5-18)33(45)41-26-12-23(34(46)39-21-10-8-20(36)9-11-21)29(51-17-31(44)49-2)13-22(26)35(47)50-3/h4-15H,16-17H2,1-3H3,(H,39,46)(H,41,45). The van der Waals surface area contributed by atoms with Gasteiger partial charge in [-0.3, -0.25) is 14.4 Å². The Morgan fingerprint density at radius 1 is 0.725 bits per heavy atom. The number of aromatic nitrogens is 2. The highest BCUT2D eigenvalue weighted by Gasteiger charge is 2.24. The fourth-order valence-corrected chi connectivity index (χ4v) is 5.29. The molecule has 51 heavy (non-hydrogen) atoms. The van der Waals surface area contributed by atoms with Crippen LogP contribution in [0.3, 0.4) is 0 Å². The molecule has 0 spiro atoms. The van der Waals surface area contributed by atoms with Crippen molar-refractivity contribution in [2.45, 2.75) is 6.54 Å². The summed E-state index contributed by atoms with van der Waals surface area (Å²) in [6.07, 6.45) is 0. The molecule has 4 aromatic carbocycles. The maximum Gasteiger partial charge on any atom is 0.343 e. The van der Waals surface area contributed by atoms with Gasteiger partial charge in [-0.25, -0.2) is 14.6 Å². The summed E-state index contributed by atoms with van der Waals surface area (Å²) in [7, 11) is 3.57. The topological polar surface area (TPSA) is 164 Å². The molecule has 0 saturated heterocycles. The average molecular weight is 754 g/mol. The predicted octanol–water partition coefficient (Wildman–Crippen LogP) is 6.68. The fraction of sp³-hybridized carbons (Fsp3) is 0.143. The molecule has 16 heteroatoms. The molecule has 0 aliphatic carbocycles. The van der Waals surface area contributed by atoms with Crippen molar-refractivity contribution in [2.75, 3.05) is 38.6 Å². The summed E-state index contributed by atoms with van der Waals surface area (Å²) in [4.78, 5) is 68.6. The third-order valence-corrected chi connectivity index (χ3v) is 8.38. The molecular weight excluding hydrogens is 727 g/mol. The first-order valence-electron chi connectivity index (χ1n) is 14.8. The van der Waals surface area contributed by atoms with Crippen molar-refractivity contribution >= 4 is 86.9 Å². The van der Waals surface area contributed by atoms with Crippen molar-refractivity contribution in [2.24, 2.45) is 0 Å². The molecule has 0 atom stereocenters. The Hall–Kier alpha value is -5.63. The number of methoxy groups -OCH3 is 3. The number of rotatable bonds is 11. The van der Waals surface area contributed by atoms with E-state index in [9.17, 15) is 24.0 Å². The number of anilines is 2. The molecule has 0 saturated carbocycles. The molecule has 5 rings (SSSR count). The fourth-order valence-electron chi connectivity index (χ4n) is 4.85. The van der Waals surface area contributed by atoms with E-state index in [0.29, 0.717) is 33.1 Å². The molecule has 13 nitrogen and oxygen atoms in total. The molecule has 0 unspecified atom stereocenters. The number of ether oxygens (including phenoxy) is 4. The molecule has 0 bridgehead atoms. The molecule has 2 N–H and O–H groups in total. The molecule has 0 fully saturated rings. The van der Waals surface area contributed by atoms with Crippen LogP contribution in [0.2, 0.25) is 15.1 Å². The third kappa shape index (κ3) is 8.40. The first-order chi connectivity index (χ1) is 24.4. The molecule has 0 aliphatic rings. The van der Waals surface area contributed by atoms with E-state index in [2.05, 4.69) is 20.4 Å². The average Bonchev–Trinajstić information content (AvgIpc) is 3.47. The Kier molecular flexibility index (Phi) is 11.4. The summed E-state index contributed by atoms with van der Waals surface area (Å²) in [6, 6.07) is 18.1. The maximum atomic E-state index is 13.6. The van der Waals surface area contributed by atoms with Crippen LogP contribution < -0.4 is 15.4 Å². The number of nitrogens with zero attached hydrogens (tertiary/aromatic N) is 2. The highest BCUT2D eigenvalue weighted by atomic mass is 35.5. The predicted molar refractivity (Wildman–Crippen MR) is 190 cm³/mol. The van der Waals surface area contributed by atoms with Gasteiger partial charge in [0.2, 0.25) is 0 Å². The highest BCUT2D eigenvalue weighted by molar-refractivity contribution is 6.42. The number of benzene rings is 4. The van der Waals surface area contributed by atoms with E-state index in [4.69, 9.17) is 49.0 Å². The smallest absolute Gasteiger partial charge is 0.343 e. The Morgan fingerprint density at radius 2 is 1.39 bits per heavy atom. The summed E-state index contributed by atoms with van der Waals surface area (Å²) in [6.45, 7) is -0.754. The number of imidazole rings is 1. The quantitative estimate of drug-likeness (QED) is 0.110. The Bertz CT molecular complexity index is 2170. The summed E-state index contributed by atoms with van der Waals surface area (Å²) < 4.78 is 21.6. The minimum atomic E-state index is -0.863. The largest absolute Gasteiger partial charge is 0.481 e. The number of hydrogen-bond donors (Lipinski definition) is 2. The number of hydrogen-bond acceptors (Lipinski definition) is 10. The number of halogens is 3. The van der Waals surface area contributed by atoms with Gasteiger partial charge in [0, 0.05) is 21.8 Å². The summed E-state index contributed by atoms with van der Waals surface area (Å²) >= 11 is 18.4. The second-order valence-electron chi connectivity index (χ2n) is 10.6. The van der Waals surface area contributed by atoms with Gasteiger partial charge in [-0.05, 0) is 60.7 Å². The number of esters is 3. The van der Waals surface area contributed by atoms with Gasteiger partial charge in [0.1, 0.15) is 18.1 Å². The van der Waals surface area contributed by atoms with Gasteiger partial charge in [0.15, 0.2) is 6.61 Å². The molecule has 262 valence electrons. The monoisotopic (exact) mass is 752 g/mol. The lowest BCUT2D eigenvalue weighted by atomic mass is 10.1. The van der Waals surface area contributed by atoms with Crippen molar-refractivity contribution in [3.05, 3.63) is 105 Å². The number of carbonyl (C=O) groups excluding carboxylic acids is 5. The van der Waals surface area contributed by atoms with Crippen molar-refractivity contribution in [1.29, 1.82) is 0 Å². The lowest BCUT2D eigenvalue weighted by molar-refractivity contribution is -0.143. The van der Waals surface area contributed by atoms with E-state index in [1.54, 1.807) is 53.1 Å². The van der Waals surface area contributed by atoms with Crippen molar-refractivity contribution in [3.8, 4) is 17.1 Å². The highest BCUT2D eigenvalue weighted by Crippen LogP contribution is 2.33. The zero-order valence-corrected chi connectivity index (χ0v) is 29.3. The molecule has 0 aliphatic heterocycles. The zero-order chi connectivity index (χ0) is 36.8. The van der Waals surface area contributed by atoms with Crippen LogP contribution in [0.1, 0.15) is 31.1 Å². The van der Waals surface area contributed by atoms with Gasteiger partial charge in [-0.15, -0.1) is 0 Å². The summed E-state index contributed by atoms with van der Waals surface area (Å²) in [5.74, 6) is -3.25. The molecular formula is C35H27Cl3N4O9. The van der Waals surface area contributed by atoms with Crippen LogP contribution in [0, 0.1) is 0 Å². The van der Waals surface area contributed by atoms with Crippen LogP contribution in [0.4, 0.5) is 11.4 Å². The van der Waals surface area contributed by atoms with E-state index in [1.165, 1.54) is 31.4 Å². The van der Waals surface area contributed by atoms with Crippen LogP contribution in [0.25, 0.3) is 22.4 Å². The third-order valence-electron chi connectivity index (χ3n) is 7.40. The SMILES string of the molecule is COC(=O)COc1cc(C(=O)OC)c(NC(=O)c2ccc(-c3nc4cc(Cl)c(Cl)cc4n3CC(=O)OC)cc2)cc1C(=O)Nc1ccc(Cl)cc1. The van der Waals surface area contributed by atoms with E-state index < -0.39 is 36.3 Å². The molecule has 5 aromatic rings. The Balaban J connectivity index is 1.49. The summed E-state index contributed by atoms with van der Waals surface area (Å²) in [5, 5.41) is 6.34. The van der Waals surface area contributed by atoms with Crippen LogP contribution in [0.15, 0.2) is 72.8 Å². The minimum absolute atomic E-state index is 0.0868. The maximum absolute atomic E-state index is 13.6. The van der Waals surface area contributed by atoms with Gasteiger partial charge in [-0.2, -0.15) is 0 Å². The number of nitrogens with one attached hydrogen (secondary N) is 2. The number of carbonyl (C=O) groups is 5. The van der Waals surface area contributed by atoms with Gasteiger partial charge < -0.3 is 34.1 Å². The van der Waals surface area contributed by atoms with E-state index in [0.717, 1.165) is 14.2 Å². The van der Waals surface area contributed by atoms with E-state index >= 15 is 0 Å². The van der Waals surface area contributed by atoms with E-state index in [-0.39, 0.29) is 44.7 Å².